The maximum Gasteiger partial charge on any atom is 0.310 e. The van der Waals surface area contributed by atoms with E-state index in [0.717, 1.165) is 12.0 Å². The van der Waals surface area contributed by atoms with Gasteiger partial charge >= 0.3 is 11.9 Å². The number of ether oxygens (including phenoxy) is 2. The third kappa shape index (κ3) is 12.9. The Hall–Kier alpha value is -7.03. The number of esters is 1. The fourth-order valence-corrected chi connectivity index (χ4v) is 9.19. The molecule has 6 amide bonds. The fraction of sp³-hybridized carbons (Fsp3) is 0.449. The highest BCUT2D eigenvalue weighted by Crippen LogP contribution is 2.27. The molecule has 5 aliphatic rings. The van der Waals surface area contributed by atoms with E-state index in [1.807, 2.05) is 41.4 Å². The summed E-state index contributed by atoms with van der Waals surface area (Å²) in [6, 6.07) is 21.8. The third-order valence-corrected chi connectivity index (χ3v) is 12.6. The van der Waals surface area contributed by atoms with Crippen molar-refractivity contribution in [3.05, 3.63) is 108 Å². The fourth-order valence-electron chi connectivity index (χ4n) is 9.19. The highest BCUT2D eigenvalue weighted by Gasteiger charge is 2.45. The summed E-state index contributed by atoms with van der Waals surface area (Å²) < 4.78 is 11.1. The Bertz CT molecular complexity index is 2320. The van der Waals surface area contributed by atoms with Crippen molar-refractivity contribution in [2.24, 2.45) is 0 Å². The number of cyclic esters (lactones) is 1. The van der Waals surface area contributed by atoms with Crippen LogP contribution < -0.4 is 21.3 Å². The number of nitrogens with one attached hydrogen (secondary N) is 4. The van der Waals surface area contributed by atoms with Crippen molar-refractivity contribution in [2.75, 3.05) is 26.2 Å². The van der Waals surface area contributed by atoms with Gasteiger partial charge in [0, 0.05) is 37.3 Å². The summed E-state index contributed by atoms with van der Waals surface area (Å²) in [5, 5.41) is 26.5. The summed E-state index contributed by atoms with van der Waals surface area (Å²) in [6.07, 6.45) is 3.49. The van der Waals surface area contributed by atoms with Crippen LogP contribution in [0.3, 0.4) is 0 Å². The third-order valence-electron chi connectivity index (χ3n) is 12.6. The molecule has 8 rings (SSSR count). The Balaban J connectivity index is 0.000000208. The second kappa shape index (κ2) is 23.8. The largest absolute Gasteiger partial charge is 0.481 e. The standard InChI is InChI=1S/C28H32N4O6.C21H26N4O6/c33-24-17-22(28(38-24)37-18-19-9-3-1-4-10-19)30-26(35)23-14-8-16-31-15-7-13-21(27(36)32(23)31)29-25(34)20-11-5-2-6-12-20;26-13-15(12-18(27)28)22-20(30)17-9-5-11-24-10-4-8-16(21(31)25(17)24)23-19(29)14-6-2-1-3-7-14/h1-6,9-12,21-23,28H,7-8,13-18H2,(H,29,34)(H,30,35);1-3,6-7,13,15-17H,4-5,8-12H2,(H,22,30)(H,23,29)(H,27,28)/t21-,22+,23+,28?;15-,16+,17-/m10/s1. The van der Waals surface area contributed by atoms with Gasteiger partial charge in [-0.15, -0.1) is 0 Å². The van der Waals surface area contributed by atoms with Crippen molar-refractivity contribution in [2.45, 2.75) is 113 Å². The van der Waals surface area contributed by atoms with Crippen molar-refractivity contribution < 1.29 is 57.7 Å². The lowest BCUT2D eigenvalue weighted by Crippen LogP contribution is -2.63. The van der Waals surface area contributed by atoms with E-state index >= 15 is 0 Å². The Morgan fingerprint density at radius 1 is 0.652 bits per heavy atom. The SMILES string of the molecule is O=C1C[C@H](NC(=O)[C@@H]2CCCN3CCC[C@@H](NC(=O)c4ccccc4)C(=O)N23)C(OCc2ccccc2)O1.O=C[C@H](CC(=O)O)NC(=O)[C@@H]1CCCN2CCC[C@@H](NC(=O)c3ccccc3)C(=O)N12. The molecule has 0 aliphatic carbocycles. The number of aliphatic carboxylic acids is 1. The lowest BCUT2D eigenvalue weighted by Gasteiger charge is -2.43. The molecule has 7 atom stereocenters. The first kappa shape index (κ1) is 49.9. The molecule has 0 spiro atoms. The first-order valence-corrected chi connectivity index (χ1v) is 23.4. The van der Waals surface area contributed by atoms with Gasteiger partial charge in [-0.2, -0.15) is 0 Å². The second-order valence-corrected chi connectivity index (χ2v) is 17.5. The van der Waals surface area contributed by atoms with Crippen molar-refractivity contribution in [1.82, 2.24) is 41.3 Å². The second-order valence-electron chi connectivity index (χ2n) is 17.5. The van der Waals surface area contributed by atoms with Gasteiger partial charge in [-0.1, -0.05) is 66.7 Å². The zero-order chi connectivity index (χ0) is 48.9. The molecule has 69 heavy (non-hydrogen) atoms. The van der Waals surface area contributed by atoms with Crippen LogP contribution in [0.25, 0.3) is 0 Å². The van der Waals surface area contributed by atoms with E-state index in [2.05, 4.69) is 21.3 Å². The van der Waals surface area contributed by atoms with E-state index in [1.165, 1.54) is 10.0 Å². The van der Waals surface area contributed by atoms with Crippen LogP contribution in [0.2, 0.25) is 0 Å². The Morgan fingerprint density at radius 3 is 1.59 bits per heavy atom. The van der Waals surface area contributed by atoms with Gasteiger partial charge in [0.25, 0.3) is 23.6 Å². The van der Waals surface area contributed by atoms with Gasteiger partial charge in [0.15, 0.2) is 0 Å². The number of benzene rings is 3. The monoisotopic (exact) mass is 950 g/mol. The first-order valence-electron chi connectivity index (χ1n) is 23.4. The van der Waals surface area contributed by atoms with E-state index < -0.39 is 66.8 Å². The van der Waals surface area contributed by atoms with Gasteiger partial charge in [-0.25, -0.2) is 10.0 Å². The van der Waals surface area contributed by atoms with Crippen molar-refractivity contribution in [3.8, 4) is 0 Å². The van der Waals surface area contributed by atoms with Gasteiger partial charge in [-0.05, 0) is 81.2 Å². The number of carbonyl (C=O) groups is 9. The van der Waals surface area contributed by atoms with E-state index in [9.17, 15) is 43.2 Å². The summed E-state index contributed by atoms with van der Waals surface area (Å²) in [7, 11) is 0. The van der Waals surface area contributed by atoms with E-state index in [-0.39, 0.29) is 42.6 Å². The van der Waals surface area contributed by atoms with Crippen LogP contribution >= 0.6 is 0 Å². The zero-order valence-corrected chi connectivity index (χ0v) is 38.1. The normalized spacial score (nSPS) is 24.3. The quantitative estimate of drug-likeness (QED) is 0.114. The van der Waals surface area contributed by atoms with E-state index in [1.54, 1.807) is 59.6 Å². The van der Waals surface area contributed by atoms with Crippen molar-refractivity contribution in [3.63, 3.8) is 0 Å². The summed E-state index contributed by atoms with van der Waals surface area (Å²) in [5.74, 6) is -3.99. The molecule has 0 radical (unpaired) electrons. The maximum atomic E-state index is 13.7. The molecule has 5 N–H and O–H groups in total. The number of carboxylic acids is 1. The Kier molecular flexibility index (Phi) is 17.2. The predicted octanol–water partition coefficient (Wildman–Crippen LogP) is 1.71. The lowest BCUT2D eigenvalue weighted by atomic mass is 10.0. The van der Waals surface area contributed by atoms with Crippen LogP contribution in [-0.2, 0) is 49.6 Å². The van der Waals surface area contributed by atoms with Crippen LogP contribution in [0.1, 0.15) is 90.5 Å². The Labute approximate surface area is 398 Å². The molecule has 5 fully saturated rings. The van der Waals surface area contributed by atoms with Gasteiger partial charge < -0.3 is 40.6 Å². The summed E-state index contributed by atoms with van der Waals surface area (Å²) >= 11 is 0. The number of nitrogens with zero attached hydrogens (tertiary/aromatic N) is 4. The molecule has 5 heterocycles. The topological polar surface area (TPSA) is 253 Å². The molecule has 5 saturated heterocycles. The van der Waals surface area contributed by atoms with Crippen LogP contribution in [0.15, 0.2) is 91.0 Å². The molecular weight excluding hydrogens is 893 g/mol. The smallest absolute Gasteiger partial charge is 0.310 e. The molecule has 1 unspecified atom stereocenters. The number of hydrogen-bond donors (Lipinski definition) is 5. The number of rotatable bonds is 14. The molecule has 3 aromatic carbocycles. The van der Waals surface area contributed by atoms with Gasteiger partial charge in [0.2, 0.25) is 18.1 Å². The van der Waals surface area contributed by atoms with E-state index in [4.69, 9.17) is 14.6 Å². The first-order chi connectivity index (χ1) is 33.4. The minimum Gasteiger partial charge on any atom is -0.481 e. The van der Waals surface area contributed by atoms with Crippen LogP contribution in [-0.4, -0.2) is 148 Å². The number of fused-ring (bicyclic) bond motifs is 2. The number of hydrogen-bond acceptors (Lipinski definition) is 13. The molecule has 20 nitrogen and oxygen atoms in total. The molecule has 0 aromatic heterocycles. The van der Waals surface area contributed by atoms with Crippen molar-refractivity contribution >= 4 is 53.7 Å². The van der Waals surface area contributed by atoms with E-state index in [0.29, 0.717) is 88.5 Å². The van der Waals surface area contributed by atoms with Gasteiger partial charge in [0.1, 0.15) is 36.5 Å². The summed E-state index contributed by atoms with van der Waals surface area (Å²) in [6.45, 7) is 2.65. The minimum atomic E-state index is -1.21. The molecule has 0 saturated carbocycles. The average molecular weight is 951 g/mol. The zero-order valence-electron chi connectivity index (χ0n) is 38.1. The number of carboxylic acid groups (broad SMARTS) is 1. The number of carbonyl (C=O) groups excluding carboxylic acids is 8. The average Bonchev–Trinajstić information content (AvgIpc) is 3.53. The number of aldehydes is 1. The summed E-state index contributed by atoms with van der Waals surface area (Å²) in [4.78, 5) is 113. The molecule has 20 heteroatoms. The minimum absolute atomic E-state index is 0.00860. The molecule has 0 bridgehead atoms. The van der Waals surface area contributed by atoms with Gasteiger partial charge in [0.05, 0.1) is 25.5 Å². The predicted molar refractivity (Wildman–Crippen MR) is 245 cm³/mol. The van der Waals surface area contributed by atoms with Gasteiger partial charge in [-0.3, -0.25) is 48.4 Å². The maximum absolute atomic E-state index is 13.7. The molecule has 366 valence electrons. The van der Waals surface area contributed by atoms with Crippen LogP contribution in [0.5, 0.6) is 0 Å². The highest BCUT2D eigenvalue weighted by atomic mass is 16.7. The molecule has 5 aliphatic heterocycles. The molecule has 3 aromatic rings. The van der Waals surface area contributed by atoms with Crippen molar-refractivity contribution in [1.29, 1.82) is 0 Å². The molecular formula is C49H58N8O12. The number of hydrazine groups is 2. The van der Waals surface area contributed by atoms with Crippen LogP contribution in [0.4, 0.5) is 0 Å². The highest BCUT2D eigenvalue weighted by molar-refractivity contribution is 5.99. The Morgan fingerprint density at radius 2 is 1.12 bits per heavy atom. The lowest BCUT2D eigenvalue weighted by molar-refractivity contribution is -0.171. The summed E-state index contributed by atoms with van der Waals surface area (Å²) in [5.41, 5.74) is 1.83. The van der Waals surface area contributed by atoms with Crippen LogP contribution in [0, 0.1) is 0 Å². The number of amides is 6.